The molecule has 1 heterocycles. The Labute approximate surface area is 102 Å². The van der Waals surface area contributed by atoms with E-state index in [4.69, 9.17) is 11.5 Å². The van der Waals surface area contributed by atoms with E-state index in [1.54, 1.807) is 17.9 Å². The van der Waals surface area contributed by atoms with Crippen molar-refractivity contribution in [2.45, 2.75) is 0 Å². The lowest BCUT2D eigenvalue weighted by Crippen LogP contribution is -2.14. The molecule has 2 aromatic rings. The van der Waals surface area contributed by atoms with Gasteiger partial charge in [0, 0.05) is 18.9 Å². The number of amides is 1. The molecule has 18 heavy (non-hydrogen) atoms. The van der Waals surface area contributed by atoms with E-state index in [0.717, 1.165) is 6.07 Å². The quantitative estimate of drug-likeness (QED) is 0.706. The maximum atomic E-state index is 13.7. The highest BCUT2D eigenvalue weighted by Gasteiger charge is 2.12. The van der Waals surface area contributed by atoms with Crippen LogP contribution in [0.1, 0.15) is 10.4 Å². The summed E-state index contributed by atoms with van der Waals surface area (Å²) in [5, 5.41) is 6.73. The van der Waals surface area contributed by atoms with Crippen LogP contribution in [0, 0.1) is 5.82 Å². The summed E-state index contributed by atoms with van der Waals surface area (Å²) in [7, 11) is 1.74. The van der Waals surface area contributed by atoms with Crippen molar-refractivity contribution in [2.75, 3.05) is 11.1 Å². The molecule has 0 unspecified atom stereocenters. The van der Waals surface area contributed by atoms with Crippen molar-refractivity contribution in [3.8, 4) is 0 Å². The standard InChI is InChI=1S/C11H12FN5O/c1-17-5-6(4-15-17)16-10-2-7(11(14)18)9(13)3-8(10)12/h2-5,16H,13H2,1H3,(H2,14,18). The third-order valence-electron chi connectivity index (χ3n) is 2.39. The van der Waals surface area contributed by atoms with Gasteiger partial charge in [-0.1, -0.05) is 0 Å². The van der Waals surface area contributed by atoms with Crippen LogP contribution in [-0.2, 0) is 7.05 Å². The van der Waals surface area contributed by atoms with Crippen molar-refractivity contribution < 1.29 is 9.18 Å². The lowest BCUT2D eigenvalue weighted by Gasteiger charge is -2.08. The Bertz CT molecular complexity index is 607. The Kier molecular flexibility index (Phi) is 2.88. The van der Waals surface area contributed by atoms with E-state index in [1.165, 1.54) is 12.3 Å². The normalized spacial score (nSPS) is 10.3. The molecule has 0 aliphatic carbocycles. The largest absolute Gasteiger partial charge is 0.398 e. The van der Waals surface area contributed by atoms with E-state index < -0.39 is 11.7 Å². The first-order valence-corrected chi connectivity index (χ1v) is 5.12. The zero-order valence-corrected chi connectivity index (χ0v) is 9.64. The fourth-order valence-corrected chi connectivity index (χ4v) is 1.54. The first kappa shape index (κ1) is 11.9. The molecular weight excluding hydrogens is 237 g/mol. The average Bonchev–Trinajstić information content (AvgIpc) is 2.67. The highest BCUT2D eigenvalue weighted by Crippen LogP contribution is 2.24. The van der Waals surface area contributed by atoms with Crippen molar-refractivity contribution in [1.29, 1.82) is 0 Å². The highest BCUT2D eigenvalue weighted by atomic mass is 19.1. The molecule has 5 N–H and O–H groups in total. The molecule has 0 aliphatic heterocycles. The van der Waals surface area contributed by atoms with Gasteiger partial charge in [-0.05, 0) is 12.1 Å². The van der Waals surface area contributed by atoms with E-state index in [1.807, 2.05) is 0 Å². The predicted octanol–water partition coefficient (Wildman–Crippen LogP) is 0.984. The molecule has 0 atom stereocenters. The Morgan fingerprint density at radius 3 is 2.78 bits per heavy atom. The molecule has 0 radical (unpaired) electrons. The van der Waals surface area contributed by atoms with Crippen molar-refractivity contribution in [3.05, 3.63) is 35.9 Å². The van der Waals surface area contributed by atoms with Gasteiger partial charge in [-0.15, -0.1) is 0 Å². The summed E-state index contributed by atoms with van der Waals surface area (Å²) in [5.41, 5.74) is 11.4. The Balaban J connectivity index is 2.38. The summed E-state index contributed by atoms with van der Waals surface area (Å²) in [6.45, 7) is 0. The molecule has 1 aromatic carbocycles. The number of aromatic nitrogens is 2. The van der Waals surface area contributed by atoms with Crippen LogP contribution in [0.25, 0.3) is 0 Å². The van der Waals surface area contributed by atoms with Crippen LogP contribution in [0.4, 0.5) is 21.5 Å². The van der Waals surface area contributed by atoms with Crippen LogP contribution >= 0.6 is 0 Å². The smallest absolute Gasteiger partial charge is 0.250 e. The molecule has 94 valence electrons. The summed E-state index contributed by atoms with van der Waals surface area (Å²) in [4.78, 5) is 11.1. The minimum Gasteiger partial charge on any atom is -0.398 e. The number of hydrogen-bond donors (Lipinski definition) is 3. The van der Waals surface area contributed by atoms with E-state index >= 15 is 0 Å². The molecule has 0 bridgehead atoms. The summed E-state index contributed by atoms with van der Waals surface area (Å²) < 4.78 is 15.2. The number of primary amides is 1. The van der Waals surface area contributed by atoms with Crippen molar-refractivity contribution in [1.82, 2.24) is 9.78 Å². The number of nitrogens with one attached hydrogen (secondary N) is 1. The molecule has 1 amide bonds. The molecule has 0 spiro atoms. The Morgan fingerprint density at radius 1 is 1.50 bits per heavy atom. The number of benzene rings is 1. The first-order chi connectivity index (χ1) is 8.47. The number of hydrogen-bond acceptors (Lipinski definition) is 4. The highest BCUT2D eigenvalue weighted by molar-refractivity contribution is 5.99. The molecule has 0 aliphatic rings. The van der Waals surface area contributed by atoms with Crippen LogP contribution in [0.2, 0.25) is 0 Å². The van der Waals surface area contributed by atoms with Gasteiger partial charge in [0.2, 0.25) is 0 Å². The second-order valence-corrected chi connectivity index (χ2v) is 3.81. The van der Waals surface area contributed by atoms with Crippen LogP contribution in [-0.4, -0.2) is 15.7 Å². The molecule has 6 nitrogen and oxygen atoms in total. The number of aryl methyl sites for hydroxylation is 1. The van der Waals surface area contributed by atoms with Crippen molar-refractivity contribution >= 4 is 23.0 Å². The average molecular weight is 249 g/mol. The maximum Gasteiger partial charge on any atom is 0.250 e. The van der Waals surface area contributed by atoms with Crippen LogP contribution in [0.15, 0.2) is 24.5 Å². The van der Waals surface area contributed by atoms with Crippen molar-refractivity contribution in [2.24, 2.45) is 12.8 Å². The van der Waals surface area contributed by atoms with Gasteiger partial charge in [0.05, 0.1) is 23.1 Å². The van der Waals surface area contributed by atoms with Gasteiger partial charge in [0.1, 0.15) is 5.82 Å². The summed E-state index contributed by atoms with van der Waals surface area (Å²) in [6, 6.07) is 2.33. The van der Waals surface area contributed by atoms with Gasteiger partial charge in [-0.25, -0.2) is 4.39 Å². The van der Waals surface area contributed by atoms with E-state index in [-0.39, 0.29) is 16.9 Å². The van der Waals surface area contributed by atoms with Gasteiger partial charge >= 0.3 is 0 Å². The molecule has 0 saturated carbocycles. The van der Waals surface area contributed by atoms with E-state index in [0.29, 0.717) is 5.69 Å². The molecule has 7 heteroatoms. The minimum absolute atomic E-state index is 0.0109. The number of nitrogens with two attached hydrogens (primary N) is 2. The van der Waals surface area contributed by atoms with Gasteiger partial charge < -0.3 is 16.8 Å². The predicted molar refractivity (Wildman–Crippen MR) is 65.8 cm³/mol. The fourth-order valence-electron chi connectivity index (χ4n) is 1.54. The topological polar surface area (TPSA) is 99.0 Å². The van der Waals surface area contributed by atoms with Crippen LogP contribution in [0.3, 0.4) is 0 Å². The van der Waals surface area contributed by atoms with Crippen LogP contribution < -0.4 is 16.8 Å². The lowest BCUT2D eigenvalue weighted by molar-refractivity contribution is 0.100. The number of rotatable bonds is 3. The summed E-state index contributed by atoms with van der Waals surface area (Å²) in [5.74, 6) is -1.27. The molecular formula is C11H12FN5O. The number of nitrogen functional groups attached to an aromatic ring is 1. The number of nitrogens with zero attached hydrogens (tertiary/aromatic N) is 2. The second-order valence-electron chi connectivity index (χ2n) is 3.81. The Morgan fingerprint density at radius 2 is 2.22 bits per heavy atom. The third-order valence-corrected chi connectivity index (χ3v) is 2.39. The minimum atomic E-state index is -0.707. The summed E-state index contributed by atoms with van der Waals surface area (Å²) in [6.07, 6.45) is 3.19. The first-order valence-electron chi connectivity index (χ1n) is 5.12. The van der Waals surface area contributed by atoms with Gasteiger partial charge in [0.15, 0.2) is 0 Å². The second kappa shape index (κ2) is 4.36. The van der Waals surface area contributed by atoms with Gasteiger partial charge in [-0.2, -0.15) is 5.10 Å². The maximum absolute atomic E-state index is 13.7. The van der Waals surface area contributed by atoms with E-state index in [2.05, 4.69) is 10.4 Å². The molecule has 1 aromatic heterocycles. The van der Waals surface area contributed by atoms with Crippen molar-refractivity contribution in [3.63, 3.8) is 0 Å². The SMILES string of the molecule is Cn1cc(Nc2cc(C(N)=O)c(N)cc2F)cn1. The molecule has 0 saturated heterocycles. The van der Waals surface area contributed by atoms with Gasteiger partial charge in [0.25, 0.3) is 5.91 Å². The van der Waals surface area contributed by atoms with Crippen LogP contribution in [0.5, 0.6) is 0 Å². The molecule has 0 fully saturated rings. The number of carbonyl (C=O) groups excluding carboxylic acids is 1. The third kappa shape index (κ3) is 2.24. The number of halogens is 1. The number of anilines is 3. The number of carbonyl (C=O) groups is 1. The fraction of sp³-hybridized carbons (Fsp3) is 0.0909. The summed E-state index contributed by atoms with van der Waals surface area (Å²) >= 11 is 0. The monoisotopic (exact) mass is 249 g/mol. The zero-order chi connectivity index (χ0) is 13.3. The molecule has 2 rings (SSSR count). The zero-order valence-electron chi connectivity index (χ0n) is 9.64. The van der Waals surface area contributed by atoms with E-state index in [9.17, 15) is 9.18 Å². The van der Waals surface area contributed by atoms with Gasteiger partial charge in [-0.3, -0.25) is 9.48 Å². The lowest BCUT2D eigenvalue weighted by atomic mass is 10.1. The Hall–Kier alpha value is -2.57.